The van der Waals surface area contributed by atoms with Crippen LogP contribution in [0.2, 0.25) is 5.02 Å². The van der Waals surface area contributed by atoms with Crippen LogP contribution in [0.1, 0.15) is 34.3 Å². The monoisotopic (exact) mass is 394 g/mol. The summed E-state index contributed by atoms with van der Waals surface area (Å²) in [5.41, 5.74) is 8.27. The maximum atomic E-state index is 12.5. The summed E-state index contributed by atoms with van der Waals surface area (Å²) in [7, 11) is 0. The van der Waals surface area contributed by atoms with Crippen molar-refractivity contribution in [3.8, 4) is 0 Å². The molecule has 0 bridgehead atoms. The smallest absolute Gasteiger partial charge is 0.251 e. The first kappa shape index (κ1) is 20.7. The normalized spacial score (nSPS) is 15.8. The van der Waals surface area contributed by atoms with Crippen molar-refractivity contribution in [2.24, 2.45) is 5.73 Å². The molecule has 0 aliphatic carbocycles. The van der Waals surface area contributed by atoms with Crippen LogP contribution in [0.25, 0.3) is 0 Å². The molecular formula is C20H24Cl2N2O2. The van der Waals surface area contributed by atoms with Crippen LogP contribution in [0.15, 0.2) is 48.5 Å². The molecular weight excluding hydrogens is 371 g/mol. The summed E-state index contributed by atoms with van der Waals surface area (Å²) >= 11 is 6.18. The Morgan fingerprint density at radius 3 is 2.46 bits per heavy atom. The van der Waals surface area contributed by atoms with Crippen LogP contribution >= 0.6 is 24.0 Å². The van der Waals surface area contributed by atoms with E-state index in [0.29, 0.717) is 36.9 Å². The zero-order chi connectivity index (χ0) is 17.7. The van der Waals surface area contributed by atoms with Crippen LogP contribution in [-0.4, -0.2) is 25.7 Å². The fourth-order valence-corrected chi connectivity index (χ4v) is 3.48. The van der Waals surface area contributed by atoms with E-state index in [1.165, 1.54) is 0 Å². The second-order valence-electron chi connectivity index (χ2n) is 6.49. The van der Waals surface area contributed by atoms with E-state index in [0.717, 1.165) is 24.0 Å². The first-order valence-electron chi connectivity index (χ1n) is 8.54. The van der Waals surface area contributed by atoms with E-state index >= 15 is 0 Å². The predicted molar refractivity (Wildman–Crippen MR) is 107 cm³/mol. The highest BCUT2D eigenvalue weighted by molar-refractivity contribution is 6.30. The van der Waals surface area contributed by atoms with Crippen molar-refractivity contribution in [3.05, 3.63) is 70.2 Å². The molecule has 1 fully saturated rings. The van der Waals surface area contributed by atoms with Crippen LogP contribution in [0.3, 0.4) is 0 Å². The van der Waals surface area contributed by atoms with Gasteiger partial charge in [-0.15, -0.1) is 12.4 Å². The summed E-state index contributed by atoms with van der Waals surface area (Å²) in [4.78, 5) is 12.5. The number of hydrogen-bond donors (Lipinski definition) is 2. The van der Waals surface area contributed by atoms with Gasteiger partial charge in [0.15, 0.2) is 0 Å². The summed E-state index contributed by atoms with van der Waals surface area (Å²) in [5.74, 6) is -0.0727. The largest absolute Gasteiger partial charge is 0.381 e. The number of benzene rings is 2. The van der Waals surface area contributed by atoms with Gasteiger partial charge in [-0.05, 0) is 48.2 Å². The molecule has 0 atom stereocenters. The third kappa shape index (κ3) is 4.77. The van der Waals surface area contributed by atoms with Gasteiger partial charge in [0.05, 0.1) is 0 Å². The molecule has 2 aromatic rings. The Hall–Kier alpha value is -1.59. The van der Waals surface area contributed by atoms with Crippen molar-refractivity contribution in [2.75, 3.05) is 19.8 Å². The topological polar surface area (TPSA) is 64.4 Å². The fraction of sp³-hybridized carbons (Fsp3) is 0.350. The van der Waals surface area contributed by atoms with Crippen molar-refractivity contribution in [1.82, 2.24) is 5.32 Å². The minimum absolute atomic E-state index is 0. The molecule has 0 aromatic heterocycles. The molecule has 140 valence electrons. The van der Waals surface area contributed by atoms with Crippen LogP contribution in [-0.2, 0) is 16.7 Å². The van der Waals surface area contributed by atoms with Gasteiger partial charge >= 0.3 is 0 Å². The molecule has 3 N–H and O–H groups in total. The minimum Gasteiger partial charge on any atom is -0.381 e. The number of ether oxygens (including phenoxy) is 1. The Kier molecular flexibility index (Phi) is 7.47. The molecule has 1 aliphatic rings. The molecule has 1 aliphatic heterocycles. The van der Waals surface area contributed by atoms with E-state index in [1.807, 2.05) is 42.5 Å². The van der Waals surface area contributed by atoms with Crippen molar-refractivity contribution < 1.29 is 9.53 Å². The number of nitrogens with two attached hydrogens (primary N) is 1. The molecule has 2 aromatic carbocycles. The predicted octanol–water partition coefficient (Wildman–Crippen LogP) is 3.70. The maximum absolute atomic E-state index is 12.5. The quantitative estimate of drug-likeness (QED) is 0.812. The molecule has 0 spiro atoms. The molecule has 26 heavy (non-hydrogen) atoms. The van der Waals surface area contributed by atoms with Crippen molar-refractivity contribution in [2.45, 2.75) is 24.8 Å². The summed E-state index contributed by atoms with van der Waals surface area (Å²) in [6, 6.07) is 15.3. The first-order valence-corrected chi connectivity index (χ1v) is 8.92. The van der Waals surface area contributed by atoms with Crippen molar-refractivity contribution in [1.29, 1.82) is 0 Å². The lowest BCUT2D eigenvalue weighted by molar-refractivity contribution is 0.0487. The Morgan fingerprint density at radius 1 is 1.15 bits per heavy atom. The van der Waals surface area contributed by atoms with E-state index in [1.54, 1.807) is 0 Å². The molecule has 1 amide bonds. The molecule has 6 heteroatoms. The summed E-state index contributed by atoms with van der Waals surface area (Å²) < 4.78 is 5.54. The maximum Gasteiger partial charge on any atom is 0.251 e. The zero-order valence-corrected chi connectivity index (χ0v) is 16.1. The lowest BCUT2D eigenvalue weighted by Crippen LogP contribution is -2.44. The number of nitrogens with one attached hydrogen (secondary N) is 1. The number of rotatable bonds is 5. The van der Waals surface area contributed by atoms with Crippen LogP contribution in [0.5, 0.6) is 0 Å². The van der Waals surface area contributed by atoms with E-state index in [-0.39, 0.29) is 23.7 Å². The van der Waals surface area contributed by atoms with E-state index in [2.05, 4.69) is 11.4 Å². The third-order valence-corrected chi connectivity index (χ3v) is 5.16. The molecule has 3 rings (SSSR count). The SMILES string of the molecule is Cl.NCc1ccc(C(=O)NCC2(c3cccc(Cl)c3)CCOCC2)cc1. The van der Waals surface area contributed by atoms with Crippen molar-refractivity contribution >= 4 is 29.9 Å². The molecule has 4 nitrogen and oxygen atoms in total. The highest BCUT2D eigenvalue weighted by atomic mass is 35.5. The van der Waals surface area contributed by atoms with Gasteiger partial charge in [0.1, 0.15) is 0 Å². The molecule has 1 saturated heterocycles. The Morgan fingerprint density at radius 2 is 1.85 bits per heavy atom. The Labute approximate surface area is 165 Å². The Balaban J connectivity index is 0.00000243. The summed E-state index contributed by atoms with van der Waals surface area (Å²) in [5, 5.41) is 3.81. The highest BCUT2D eigenvalue weighted by Crippen LogP contribution is 2.35. The average molecular weight is 395 g/mol. The van der Waals surface area contributed by atoms with Gasteiger partial charge in [0.2, 0.25) is 0 Å². The first-order chi connectivity index (χ1) is 12.1. The number of carbonyl (C=O) groups is 1. The van der Waals surface area contributed by atoms with Gasteiger partial charge in [0.25, 0.3) is 5.91 Å². The van der Waals surface area contributed by atoms with Crippen LogP contribution < -0.4 is 11.1 Å². The molecule has 0 unspecified atom stereocenters. The fourth-order valence-electron chi connectivity index (χ4n) is 3.29. The second kappa shape index (κ2) is 9.38. The van der Waals surface area contributed by atoms with Gasteiger partial charge in [0, 0.05) is 42.3 Å². The van der Waals surface area contributed by atoms with Crippen molar-refractivity contribution in [3.63, 3.8) is 0 Å². The molecule has 1 heterocycles. The van der Waals surface area contributed by atoms with Gasteiger partial charge in [-0.1, -0.05) is 35.9 Å². The third-order valence-electron chi connectivity index (χ3n) is 4.93. The van der Waals surface area contributed by atoms with Crippen LogP contribution in [0, 0.1) is 0 Å². The van der Waals surface area contributed by atoms with Gasteiger partial charge in [-0.2, -0.15) is 0 Å². The number of hydrogen-bond acceptors (Lipinski definition) is 3. The summed E-state index contributed by atoms with van der Waals surface area (Å²) in [6.45, 7) is 2.41. The van der Waals surface area contributed by atoms with Gasteiger partial charge in [-0.25, -0.2) is 0 Å². The Bertz CT molecular complexity index is 729. The second-order valence-corrected chi connectivity index (χ2v) is 6.92. The number of amides is 1. The molecule has 0 saturated carbocycles. The lowest BCUT2D eigenvalue weighted by atomic mass is 9.74. The lowest BCUT2D eigenvalue weighted by Gasteiger charge is -2.38. The van der Waals surface area contributed by atoms with Crippen LogP contribution in [0.4, 0.5) is 0 Å². The zero-order valence-electron chi connectivity index (χ0n) is 14.5. The standard InChI is InChI=1S/C20H23ClN2O2.ClH/c21-18-3-1-2-17(12-18)20(8-10-25-11-9-20)14-23-19(24)16-6-4-15(13-22)5-7-16;/h1-7,12H,8-11,13-14,22H2,(H,23,24);1H. The highest BCUT2D eigenvalue weighted by Gasteiger charge is 2.35. The number of carbonyl (C=O) groups excluding carboxylic acids is 1. The summed E-state index contributed by atoms with van der Waals surface area (Å²) in [6.07, 6.45) is 1.72. The van der Waals surface area contributed by atoms with E-state index < -0.39 is 0 Å². The minimum atomic E-state index is -0.143. The number of halogens is 2. The van der Waals surface area contributed by atoms with E-state index in [9.17, 15) is 4.79 Å². The van der Waals surface area contributed by atoms with Gasteiger partial charge < -0.3 is 15.8 Å². The molecule has 0 radical (unpaired) electrons. The van der Waals surface area contributed by atoms with E-state index in [4.69, 9.17) is 22.1 Å². The van der Waals surface area contributed by atoms with Gasteiger partial charge in [-0.3, -0.25) is 4.79 Å². The average Bonchev–Trinajstić information content (AvgIpc) is 2.67.